The third-order valence-corrected chi connectivity index (χ3v) is 14.0. The second kappa shape index (κ2) is 22.8. The molecular weight excluding hydrogens is 873 g/mol. The van der Waals surface area contributed by atoms with Crippen molar-refractivity contribution in [3.63, 3.8) is 0 Å². The molecule has 1 aromatic heterocycles. The molecule has 5 aromatic rings. The summed E-state index contributed by atoms with van der Waals surface area (Å²) in [6.45, 7) is 1.66. The van der Waals surface area contributed by atoms with Gasteiger partial charge in [-0.15, -0.1) is 0 Å². The van der Waals surface area contributed by atoms with Crippen LogP contribution in [0.1, 0.15) is 87.8 Å². The maximum atomic E-state index is 14.8. The summed E-state index contributed by atoms with van der Waals surface area (Å²) >= 11 is 0. The van der Waals surface area contributed by atoms with E-state index >= 15 is 0 Å². The van der Waals surface area contributed by atoms with Gasteiger partial charge in [0.2, 0.25) is 41.4 Å². The Balaban J connectivity index is 1.13. The first-order valence-electron chi connectivity index (χ1n) is 24.6. The Hall–Kier alpha value is -7.03. The number of aromatic amines is 1. The second-order valence-electron chi connectivity index (χ2n) is 19.0. The van der Waals surface area contributed by atoms with Gasteiger partial charge in [-0.2, -0.15) is 0 Å². The summed E-state index contributed by atoms with van der Waals surface area (Å²) < 4.78 is 0. The van der Waals surface area contributed by atoms with Crippen LogP contribution in [0, 0.1) is 5.92 Å². The summed E-state index contributed by atoms with van der Waals surface area (Å²) in [5, 5.41) is 20.5. The summed E-state index contributed by atoms with van der Waals surface area (Å²) in [5.41, 5.74) is 3.30. The quantitative estimate of drug-likeness (QED) is 0.0995. The summed E-state index contributed by atoms with van der Waals surface area (Å²) in [6, 6.07) is 24.3. The number of hydrogen-bond donors (Lipinski definition) is 7. The minimum atomic E-state index is -1.14. The third-order valence-electron chi connectivity index (χ3n) is 14.0. The average molecular weight is 937 g/mol. The van der Waals surface area contributed by atoms with Crippen LogP contribution in [0.5, 0.6) is 0 Å². The maximum absolute atomic E-state index is 14.8. The molecule has 3 heterocycles. The van der Waals surface area contributed by atoms with Crippen LogP contribution in [0.4, 0.5) is 0 Å². The molecule has 0 bridgehead atoms. The third kappa shape index (κ3) is 12.4. The first kappa shape index (κ1) is 48.4. The van der Waals surface area contributed by atoms with Crippen molar-refractivity contribution in [1.29, 1.82) is 0 Å². The van der Waals surface area contributed by atoms with Gasteiger partial charge in [-0.25, -0.2) is 0 Å². The molecule has 362 valence electrons. The highest BCUT2D eigenvalue weighted by Gasteiger charge is 2.41. The van der Waals surface area contributed by atoms with Gasteiger partial charge in [0.05, 0.1) is 0 Å². The largest absolute Gasteiger partial charge is 0.361 e. The Morgan fingerprint density at radius 2 is 1.32 bits per heavy atom. The smallest absolute Gasteiger partial charge is 0.245 e. The average Bonchev–Trinajstić information content (AvgIpc) is 4.02. The lowest BCUT2D eigenvalue weighted by Gasteiger charge is -2.32. The fourth-order valence-corrected chi connectivity index (χ4v) is 10.4. The molecule has 7 amide bonds. The number of aromatic nitrogens is 1. The Bertz CT molecular complexity index is 2640. The number of rotatable bonds is 11. The van der Waals surface area contributed by atoms with Gasteiger partial charge in [0.1, 0.15) is 36.3 Å². The van der Waals surface area contributed by atoms with Crippen LogP contribution in [0.2, 0.25) is 0 Å². The van der Waals surface area contributed by atoms with Crippen molar-refractivity contribution in [3.05, 3.63) is 120 Å². The molecule has 15 nitrogen and oxygen atoms in total. The lowest BCUT2D eigenvalue weighted by Crippen LogP contribution is -2.60. The molecule has 4 aromatic carbocycles. The number of benzene rings is 4. The van der Waals surface area contributed by atoms with E-state index in [2.05, 4.69) is 36.9 Å². The Morgan fingerprint density at radius 1 is 0.652 bits per heavy atom. The van der Waals surface area contributed by atoms with Crippen molar-refractivity contribution in [1.82, 2.24) is 41.8 Å². The van der Waals surface area contributed by atoms with Gasteiger partial charge < -0.3 is 41.8 Å². The van der Waals surface area contributed by atoms with Crippen molar-refractivity contribution in [3.8, 4) is 0 Å². The van der Waals surface area contributed by atoms with Crippen molar-refractivity contribution in [2.24, 2.45) is 5.92 Å². The van der Waals surface area contributed by atoms with E-state index in [1.54, 1.807) is 0 Å². The number of amides is 7. The number of nitrogens with zero attached hydrogens (tertiary/aromatic N) is 1. The highest BCUT2D eigenvalue weighted by molar-refractivity contribution is 5.98. The number of nitrogens with one attached hydrogen (secondary N) is 7. The summed E-state index contributed by atoms with van der Waals surface area (Å²) in [5.74, 6) is -3.34. The fraction of sp³-hybridized carbons (Fsp3) is 0.426. The van der Waals surface area contributed by atoms with Crippen LogP contribution in [0.25, 0.3) is 21.7 Å². The number of fused-ring (bicyclic) bond motifs is 3. The number of hydrogen-bond acceptors (Lipinski definition) is 7. The summed E-state index contributed by atoms with van der Waals surface area (Å²) in [6.07, 6.45) is 8.66. The van der Waals surface area contributed by atoms with Gasteiger partial charge in [0.25, 0.3) is 0 Å². The minimum Gasteiger partial charge on any atom is -0.361 e. The molecular formula is C54H64N8O7. The molecule has 7 N–H and O–H groups in total. The van der Waals surface area contributed by atoms with Gasteiger partial charge in [-0.1, -0.05) is 123 Å². The Morgan fingerprint density at radius 3 is 2.10 bits per heavy atom. The van der Waals surface area contributed by atoms with Crippen molar-refractivity contribution < 1.29 is 33.6 Å². The highest BCUT2D eigenvalue weighted by Crippen LogP contribution is 2.29. The standard InChI is InChI=1S/C54H64N8O7/c1-34(63)57-44(29-35-15-4-2-5-16-35)50(65)58-43-25-13-27-55-49(64)46(31-38-21-12-20-37-19-8-9-22-40(37)38)59-52(67)47(32-39-33-56-42-24-11-10-23-41(39)42)60-51(66)45(30-36-17-6-3-7-18-36)61-53(68)48-26-14-28-62(48)54(43)69/h2,4-5,8-12,15-16,19-24,33,36,43-48,56H,3,6-7,13-14,17-18,25-32H2,1H3,(H,55,64)(H,57,63)(H,58,65)(H,59,67)(H,60,66)(H,61,68)/t43-,44-,45+,46-,47-,48-/m0/s1. The van der Waals surface area contributed by atoms with Gasteiger partial charge in [0, 0.05) is 56.4 Å². The Kier molecular flexibility index (Phi) is 16.0. The van der Waals surface area contributed by atoms with Crippen LogP contribution in [-0.2, 0) is 52.8 Å². The van der Waals surface area contributed by atoms with E-state index in [4.69, 9.17) is 0 Å². The predicted octanol–water partition coefficient (Wildman–Crippen LogP) is 4.66. The summed E-state index contributed by atoms with van der Waals surface area (Å²) in [4.78, 5) is 105. The monoisotopic (exact) mass is 936 g/mol. The second-order valence-corrected chi connectivity index (χ2v) is 19.0. The van der Waals surface area contributed by atoms with Crippen molar-refractivity contribution >= 4 is 63.0 Å². The van der Waals surface area contributed by atoms with E-state index in [0.717, 1.165) is 70.5 Å². The number of carbonyl (C=O) groups excluding carboxylic acids is 7. The molecule has 0 spiro atoms. The molecule has 3 aliphatic rings. The molecule has 2 saturated heterocycles. The molecule has 1 saturated carbocycles. The van der Waals surface area contributed by atoms with Crippen LogP contribution in [-0.4, -0.2) is 101 Å². The first-order valence-corrected chi connectivity index (χ1v) is 24.6. The fourth-order valence-electron chi connectivity index (χ4n) is 10.4. The lowest BCUT2D eigenvalue weighted by atomic mass is 9.84. The molecule has 0 unspecified atom stereocenters. The maximum Gasteiger partial charge on any atom is 0.245 e. The number of carbonyl (C=O) groups is 7. The normalized spacial score (nSPS) is 22.9. The molecule has 8 rings (SSSR count). The minimum absolute atomic E-state index is 0.0851. The molecule has 15 heteroatoms. The zero-order valence-corrected chi connectivity index (χ0v) is 39.3. The van der Waals surface area contributed by atoms with E-state index in [9.17, 15) is 33.6 Å². The van der Waals surface area contributed by atoms with Crippen molar-refractivity contribution in [2.45, 2.75) is 127 Å². The zero-order valence-electron chi connectivity index (χ0n) is 39.3. The topological polar surface area (TPSA) is 211 Å². The van der Waals surface area contributed by atoms with Gasteiger partial charge in [0.15, 0.2) is 0 Å². The number of para-hydroxylation sites is 1. The molecule has 0 radical (unpaired) electrons. The number of H-pyrrole nitrogens is 1. The Labute approximate surface area is 402 Å². The van der Waals surface area contributed by atoms with Crippen molar-refractivity contribution in [2.75, 3.05) is 13.1 Å². The lowest BCUT2D eigenvalue weighted by molar-refractivity contribution is -0.142. The van der Waals surface area contributed by atoms with E-state index in [1.807, 2.05) is 103 Å². The van der Waals surface area contributed by atoms with E-state index < -0.39 is 77.6 Å². The van der Waals surface area contributed by atoms with Gasteiger partial charge in [-0.3, -0.25) is 33.6 Å². The van der Waals surface area contributed by atoms with Crippen LogP contribution in [0.3, 0.4) is 0 Å². The van der Waals surface area contributed by atoms with E-state index in [1.165, 1.54) is 11.8 Å². The predicted molar refractivity (Wildman–Crippen MR) is 263 cm³/mol. The highest BCUT2D eigenvalue weighted by atomic mass is 16.2. The molecule has 69 heavy (non-hydrogen) atoms. The molecule has 2 aliphatic heterocycles. The summed E-state index contributed by atoms with van der Waals surface area (Å²) in [7, 11) is 0. The zero-order chi connectivity index (χ0) is 48.3. The van der Waals surface area contributed by atoms with E-state index in [-0.39, 0.29) is 51.1 Å². The van der Waals surface area contributed by atoms with Crippen LogP contribution < -0.4 is 31.9 Å². The van der Waals surface area contributed by atoms with Gasteiger partial charge in [-0.05, 0) is 71.6 Å². The SMILES string of the molecule is CC(=O)N[C@@H](Cc1ccccc1)C(=O)N[C@H]1CCCNC(=O)[C@H](Cc2cccc3ccccc23)NC(=O)[C@H](Cc2c[nH]c3ccccc23)NC(=O)[C@@H](CC2CCCCC2)NC(=O)[C@@H]2CCCN2C1=O. The molecule has 6 atom stereocenters. The van der Waals surface area contributed by atoms with E-state index in [0.29, 0.717) is 19.3 Å². The van der Waals surface area contributed by atoms with Crippen LogP contribution >= 0.6 is 0 Å². The molecule has 3 fully saturated rings. The van der Waals surface area contributed by atoms with Gasteiger partial charge >= 0.3 is 0 Å². The molecule has 1 aliphatic carbocycles. The first-order chi connectivity index (χ1) is 33.5. The van der Waals surface area contributed by atoms with Crippen LogP contribution in [0.15, 0.2) is 103 Å².